The molecule has 0 aliphatic rings. The molecular weight excluding hydrogens is 164 g/mol. The Hall–Kier alpha value is 0.400. The maximum Gasteiger partial charge on any atom is 0.339 e. The monoisotopic (exact) mass is 175 g/mol. The van der Waals surface area contributed by atoms with Crippen molar-refractivity contribution in [1.29, 1.82) is 0 Å². The first-order valence-electron chi connectivity index (χ1n) is 2.11. The van der Waals surface area contributed by atoms with Crippen molar-refractivity contribution in [2.24, 2.45) is 0 Å². The average Bonchev–Trinajstić information content (AvgIpc) is 1.21. The fourth-order valence-corrected chi connectivity index (χ4v) is 1.11. The second-order valence-corrected chi connectivity index (χ2v) is 3.50. The van der Waals surface area contributed by atoms with Crippen molar-refractivity contribution < 1.29 is 14.4 Å². The van der Waals surface area contributed by atoms with Crippen molar-refractivity contribution in [3.63, 3.8) is 0 Å². The van der Waals surface area contributed by atoms with E-state index in [1.54, 1.807) is 14.1 Å². The molecule has 0 radical (unpaired) electrons. The highest BCUT2D eigenvalue weighted by Crippen LogP contribution is 2.33. The zero-order chi connectivity index (χ0) is 6.78. The van der Waals surface area contributed by atoms with E-state index in [0.717, 1.165) is 0 Å². The van der Waals surface area contributed by atoms with Crippen LogP contribution in [0.4, 0.5) is 0 Å². The van der Waals surface area contributed by atoms with Gasteiger partial charge in [0.15, 0.2) is 0 Å². The van der Waals surface area contributed by atoms with Crippen molar-refractivity contribution in [2.75, 3.05) is 20.4 Å². The molecule has 0 heterocycles. The first-order valence-corrected chi connectivity index (χ1v) is 3.91. The zero-order valence-electron chi connectivity index (χ0n) is 5.31. The van der Waals surface area contributed by atoms with E-state index < -0.39 is 7.60 Å². The van der Waals surface area contributed by atoms with Crippen molar-refractivity contribution >= 4 is 20.0 Å². The summed E-state index contributed by atoms with van der Waals surface area (Å²) in [5.74, 6) is 0. The van der Waals surface area contributed by atoms with Gasteiger partial charge in [-0.3, -0.25) is 9.46 Å². The summed E-state index contributed by atoms with van der Waals surface area (Å²) >= 11 is 0. The van der Waals surface area contributed by atoms with Crippen molar-refractivity contribution in [3.8, 4) is 0 Å². The third kappa shape index (κ3) is 11.8. The van der Waals surface area contributed by atoms with Gasteiger partial charge in [-0.2, -0.15) is 0 Å². The Balaban J connectivity index is 0. The standard InChI is InChI=1S/C3H10NO3P.ClH/c1-4(2)3-8(5,6)7;/h3H2,1-2H3,(H2,5,6,7);1H. The minimum Gasteiger partial charge on any atom is -0.324 e. The first-order chi connectivity index (χ1) is 3.42. The molecule has 0 aromatic heterocycles. The van der Waals surface area contributed by atoms with Gasteiger partial charge in [-0.1, -0.05) is 0 Å². The van der Waals surface area contributed by atoms with E-state index >= 15 is 0 Å². The lowest BCUT2D eigenvalue weighted by molar-refractivity contribution is 0.338. The van der Waals surface area contributed by atoms with Crippen LogP contribution in [0.5, 0.6) is 0 Å². The SMILES string of the molecule is CN(C)CP(=O)(O)O.Cl. The molecule has 58 valence electrons. The number of hydrogen-bond donors (Lipinski definition) is 2. The van der Waals surface area contributed by atoms with Crippen LogP contribution in [-0.2, 0) is 4.57 Å². The molecule has 2 N–H and O–H groups in total. The molecule has 0 saturated carbocycles. The third-order valence-corrected chi connectivity index (χ3v) is 1.40. The van der Waals surface area contributed by atoms with Crippen LogP contribution >= 0.6 is 20.0 Å². The molecule has 0 rings (SSSR count). The van der Waals surface area contributed by atoms with Gasteiger partial charge in [0, 0.05) is 0 Å². The lowest BCUT2D eigenvalue weighted by Crippen LogP contribution is -2.12. The summed E-state index contributed by atoms with van der Waals surface area (Å²) in [5, 5.41) is 0. The molecule has 0 aliphatic heterocycles. The summed E-state index contributed by atoms with van der Waals surface area (Å²) in [7, 11) is -0.575. The van der Waals surface area contributed by atoms with Crippen molar-refractivity contribution in [3.05, 3.63) is 0 Å². The molecule has 0 aromatic rings. The predicted molar refractivity (Wildman–Crippen MR) is 37.8 cm³/mol. The molecule has 0 aliphatic carbocycles. The summed E-state index contributed by atoms with van der Waals surface area (Å²) in [6.45, 7) is 0. The highest BCUT2D eigenvalue weighted by molar-refractivity contribution is 7.51. The minimum absolute atomic E-state index is 0. The molecule has 0 unspecified atom stereocenters. The fourth-order valence-electron chi connectivity index (χ4n) is 0.368. The maximum atomic E-state index is 10.1. The molecule has 0 atom stereocenters. The van der Waals surface area contributed by atoms with Gasteiger partial charge in [0.05, 0.1) is 0 Å². The third-order valence-electron chi connectivity index (χ3n) is 0.467. The van der Waals surface area contributed by atoms with E-state index in [0.29, 0.717) is 0 Å². The number of rotatable bonds is 2. The molecule has 4 nitrogen and oxygen atoms in total. The van der Waals surface area contributed by atoms with E-state index in [-0.39, 0.29) is 18.7 Å². The highest BCUT2D eigenvalue weighted by Gasteiger charge is 2.12. The van der Waals surface area contributed by atoms with E-state index in [2.05, 4.69) is 0 Å². The van der Waals surface area contributed by atoms with Crippen LogP contribution in [0.15, 0.2) is 0 Å². The fraction of sp³-hybridized carbons (Fsp3) is 1.00. The van der Waals surface area contributed by atoms with Gasteiger partial charge in [-0.15, -0.1) is 12.4 Å². The smallest absolute Gasteiger partial charge is 0.324 e. The summed E-state index contributed by atoms with van der Waals surface area (Å²) in [6, 6.07) is 0. The van der Waals surface area contributed by atoms with Crippen molar-refractivity contribution in [1.82, 2.24) is 4.90 Å². The van der Waals surface area contributed by atoms with Crippen LogP contribution in [0.25, 0.3) is 0 Å². The topological polar surface area (TPSA) is 60.8 Å². The average molecular weight is 176 g/mol. The van der Waals surface area contributed by atoms with Gasteiger partial charge in [-0.25, -0.2) is 0 Å². The molecule has 9 heavy (non-hydrogen) atoms. The normalized spacial score (nSPS) is 11.2. The minimum atomic E-state index is -3.80. The summed E-state index contributed by atoms with van der Waals surface area (Å²) in [6.07, 6.45) is -0.174. The van der Waals surface area contributed by atoms with Crippen LogP contribution in [0.2, 0.25) is 0 Å². The molecule has 0 fully saturated rings. The van der Waals surface area contributed by atoms with Crippen LogP contribution in [-0.4, -0.2) is 35.1 Å². The number of hydrogen-bond acceptors (Lipinski definition) is 2. The highest BCUT2D eigenvalue weighted by atomic mass is 35.5. The van der Waals surface area contributed by atoms with E-state index in [1.165, 1.54) is 4.90 Å². The van der Waals surface area contributed by atoms with Crippen LogP contribution in [0, 0.1) is 0 Å². The molecule has 0 amide bonds. The number of halogens is 1. The van der Waals surface area contributed by atoms with Gasteiger partial charge in [0.1, 0.15) is 6.29 Å². The predicted octanol–water partition coefficient (Wildman–Crippen LogP) is 0.105. The van der Waals surface area contributed by atoms with Crippen molar-refractivity contribution in [2.45, 2.75) is 0 Å². The van der Waals surface area contributed by atoms with E-state index in [1.807, 2.05) is 0 Å². The van der Waals surface area contributed by atoms with E-state index in [4.69, 9.17) is 9.79 Å². The molecule has 0 bridgehead atoms. The van der Waals surface area contributed by atoms with Gasteiger partial charge < -0.3 is 9.79 Å². The lowest BCUT2D eigenvalue weighted by atomic mass is 11.0. The summed E-state index contributed by atoms with van der Waals surface area (Å²) in [5.41, 5.74) is 0. The van der Waals surface area contributed by atoms with Gasteiger partial charge in [-0.05, 0) is 14.1 Å². The Bertz CT molecular complexity index is 112. The van der Waals surface area contributed by atoms with Crippen LogP contribution < -0.4 is 0 Å². The summed E-state index contributed by atoms with van der Waals surface area (Å²) in [4.78, 5) is 18.0. The largest absolute Gasteiger partial charge is 0.339 e. The van der Waals surface area contributed by atoms with Crippen LogP contribution in [0.3, 0.4) is 0 Å². The Kier molecular flexibility index (Phi) is 5.72. The molecule has 0 saturated heterocycles. The zero-order valence-corrected chi connectivity index (χ0v) is 7.02. The van der Waals surface area contributed by atoms with Gasteiger partial charge in [0.2, 0.25) is 0 Å². The van der Waals surface area contributed by atoms with Gasteiger partial charge >= 0.3 is 7.60 Å². The lowest BCUT2D eigenvalue weighted by Gasteiger charge is -2.09. The quantitative estimate of drug-likeness (QED) is 0.585. The first kappa shape index (κ1) is 12.1. The Labute approximate surface area is 60.4 Å². The molecular formula is C3H11ClNO3P. The Morgan fingerprint density at radius 3 is 1.78 bits per heavy atom. The second kappa shape index (κ2) is 4.25. The second-order valence-electron chi connectivity index (χ2n) is 1.89. The Morgan fingerprint density at radius 1 is 1.44 bits per heavy atom. The summed E-state index contributed by atoms with van der Waals surface area (Å²) < 4.78 is 10.1. The Morgan fingerprint density at radius 2 is 1.78 bits per heavy atom. The molecule has 0 spiro atoms. The maximum absolute atomic E-state index is 10.1. The molecule has 6 heteroatoms. The van der Waals surface area contributed by atoms with Crippen LogP contribution in [0.1, 0.15) is 0 Å². The number of nitrogens with zero attached hydrogens (tertiary/aromatic N) is 1. The van der Waals surface area contributed by atoms with E-state index in [9.17, 15) is 4.57 Å². The molecule has 0 aromatic carbocycles. The van der Waals surface area contributed by atoms with Gasteiger partial charge in [0.25, 0.3) is 0 Å².